The van der Waals surface area contributed by atoms with Crippen molar-refractivity contribution >= 4 is 39.5 Å². The van der Waals surface area contributed by atoms with Gasteiger partial charge in [0.25, 0.3) is 0 Å². The lowest BCUT2D eigenvalue weighted by Crippen LogP contribution is -2.26. The zero-order valence-corrected chi connectivity index (χ0v) is 16.9. The zero-order chi connectivity index (χ0) is 17.1. The highest BCUT2D eigenvalue weighted by Gasteiger charge is 2.13. The van der Waals surface area contributed by atoms with Gasteiger partial charge in [-0.15, -0.1) is 11.3 Å². The van der Waals surface area contributed by atoms with Crippen LogP contribution in [0.4, 0.5) is 0 Å². The van der Waals surface area contributed by atoms with E-state index >= 15 is 0 Å². The Bertz CT molecular complexity index is 866. The highest BCUT2D eigenvalue weighted by atomic mass is 79.9. The molecule has 7 heteroatoms. The maximum atomic E-state index is 5.58. The number of thiophene rings is 1. The molecule has 2 heterocycles. The van der Waals surface area contributed by atoms with Gasteiger partial charge in [-0.3, -0.25) is 4.90 Å². The molecule has 0 unspecified atom stereocenters. The molecule has 0 saturated carbocycles. The maximum Gasteiger partial charge on any atom is 0.199 e. The van der Waals surface area contributed by atoms with Crippen LogP contribution >= 0.6 is 39.5 Å². The fraction of sp³-hybridized carbons (Fsp3) is 0.294. The van der Waals surface area contributed by atoms with Crippen LogP contribution in [0.5, 0.6) is 0 Å². The third-order valence-electron chi connectivity index (χ3n) is 3.86. The van der Waals surface area contributed by atoms with Crippen LogP contribution in [0.2, 0.25) is 0 Å². The minimum absolute atomic E-state index is 0.686. The van der Waals surface area contributed by atoms with Crippen LogP contribution in [0, 0.1) is 4.77 Å². The summed E-state index contributed by atoms with van der Waals surface area (Å²) in [5, 5.41) is 4.74. The van der Waals surface area contributed by atoms with Gasteiger partial charge < -0.3 is 4.57 Å². The van der Waals surface area contributed by atoms with E-state index in [-0.39, 0.29) is 0 Å². The molecule has 0 aliphatic carbocycles. The van der Waals surface area contributed by atoms with Gasteiger partial charge in [-0.25, -0.2) is 4.68 Å². The number of halogens is 1. The topological polar surface area (TPSA) is 26.0 Å². The van der Waals surface area contributed by atoms with E-state index in [9.17, 15) is 0 Å². The van der Waals surface area contributed by atoms with E-state index in [4.69, 9.17) is 17.3 Å². The van der Waals surface area contributed by atoms with E-state index < -0.39 is 0 Å². The summed E-state index contributed by atoms with van der Waals surface area (Å²) in [5.74, 6) is 0.899. The van der Waals surface area contributed by atoms with Gasteiger partial charge in [-0.05, 0) is 46.8 Å². The molecular formula is C17H19BrN4S2. The van der Waals surface area contributed by atoms with Crippen molar-refractivity contribution in [1.29, 1.82) is 0 Å². The Morgan fingerprint density at radius 1 is 1.21 bits per heavy atom. The van der Waals surface area contributed by atoms with Crippen molar-refractivity contribution in [2.45, 2.75) is 20.1 Å². The highest BCUT2D eigenvalue weighted by Crippen LogP contribution is 2.23. The monoisotopic (exact) mass is 422 g/mol. The standard InChI is InChI=1S/C17H19BrN4S2/c1-3-21(11-14-9-10-15(18)24-14)12-22-17(23)20(2)16(19-22)13-7-5-4-6-8-13/h4-10H,3,11-12H2,1-2H3. The second-order valence-corrected chi connectivity index (χ2v) is 8.44. The largest absolute Gasteiger partial charge is 0.303 e. The van der Waals surface area contributed by atoms with E-state index in [2.05, 4.69) is 52.0 Å². The molecule has 0 amide bonds. The first-order valence-electron chi connectivity index (χ1n) is 7.74. The molecule has 3 aromatic rings. The Labute approximate surface area is 159 Å². The van der Waals surface area contributed by atoms with Crippen LogP contribution in [0.1, 0.15) is 11.8 Å². The van der Waals surface area contributed by atoms with Crippen LogP contribution in [-0.2, 0) is 20.3 Å². The van der Waals surface area contributed by atoms with Crippen LogP contribution in [0.15, 0.2) is 46.3 Å². The fourth-order valence-electron chi connectivity index (χ4n) is 2.53. The lowest BCUT2D eigenvalue weighted by atomic mass is 10.2. The molecule has 4 nitrogen and oxygen atoms in total. The minimum Gasteiger partial charge on any atom is -0.303 e. The molecule has 0 atom stereocenters. The van der Waals surface area contributed by atoms with Crippen molar-refractivity contribution in [1.82, 2.24) is 19.2 Å². The molecule has 3 rings (SSSR count). The first kappa shape index (κ1) is 17.5. The van der Waals surface area contributed by atoms with Crippen molar-refractivity contribution in [3.8, 4) is 11.4 Å². The summed E-state index contributed by atoms with van der Waals surface area (Å²) >= 11 is 10.9. The molecular weight excluding hydrogens is 404 g/mol. The predicted molar refractivity (Wildman–Crippen MR) is 106 cm³/mol. The van der Waals surface area contributed by atoms with Gasteiger partial charge in [-0.1, -0.05) is 37.3 Å². The normalized spacial score (nSPS) is 11.3. The van der Waals surface area contributed by atoms with Crippen LogP contribution in [0.3, 0.4) is 0 Å². The summed E-state index contributed by atoms with van der Waals surface area (Å²) in [6.07, 6.45) is 0. The SMILES string of the molecule is CCN(Cc1ccc(Br)s1)Cn1nc(-c2ccccc2)n(C)c1=S. The number of hydrogen-bond donors (Lipinski definition) is 0. The molecule has 0 bridgehead atoms. The van der Waals surface area contributed by atoms with E-state index in [1.165, 1.54) is 4.88 Å². The molecule has 0 N–H and O–H groups in total. The maximum absolute atomic E-state index is 5.58. The van der Waals surface area contributed by atoms with Gasteiger partial charge in [0.15, 0.2) is 10.6 Å². The Balaban J connectivity index is 1.83. The molecule has 1 aromatic carbocycles. The average Bonchev–Trinajstić information content (AvgIpc) is 3.13. The molecule has 0 spiro atoms. The van der Waals surface area contributed by atoms with Gasteiger partial charge >= 0.3 is 0 Å². The van der Waals surface area contributed by atoms with E-state index in [0.717, 1.165) is 33.0 Å². The van der Waals surface area contributed by atoms with E-state index in [1.54, 1.807) is 11.3 Å². The molecule has 0 saturated heterocycles. The van der Waals surface area contributed by atoms with Gasteiger partial charge in [0, 0.05) is 24.0 Å². The number of nitrogens with zero attached hydrogens (tertiary/aromatic N) is 4. The summed E-state index contributed by atoms with van der Waals surface area (Å²) in [5.41, 5.74) is 1.08. The van der Waals surface area contributed by atoms with E-state index in [1.807, 2.05) is 34.5 Å². The van der Waals surface area contributed by atoms with Crippen molar-refractivity contribution in [2.75, 3.05) is 6.54 Å². The molecule has 126 valence electrons. The first-order valence-corrected chi connectivity index (χ1v) is 9.76. The van der Waals surface area contributed by atoms with Gasteiger partial charge in [0.2, 0.25) is 0 Å². The average molecular weight is 423 g/mol. The van der Waals surface area contributed by atoms with Crippen LogP contribution in [-0.4, -0.2) is 25.8 Å². The zero-order valence-electron chi connectivity index (χ0n) is 13.6. The van der Waals surface area contributed by atoms with Gasteiger partial charge in [0.05, 0.1) is 10.5 Å². The van der Waals surface area contributed by atoms with Crippen molar-refractivity contribution in [3.05, 3.63) is 55.9 Å². The first-order chi connectivity index (χ1) is 11.6. The number of rotatable bonds is 6. The quantitative estimate of drug-likeness (QED) is 0.527. The predicted octanol–water partition coefficient (Wildman–Crippen LogP) is 4.92. The smallest absolute Gasteiger partial charge is 0.199 e. The lowest BCUT2D eigenvalue weighted by Gasteiger charge is -2.19. The molecule has 0 radical (unpaired) electrons. The summed E-state index contributed by atoms with van der Waals surface area (Å²) in [6, 6.07) is 14.4. The third-order valence-corrected chi connectivity index (χ3v) is 5.96. The second-order valence-electron chi connectivity index (χ2n) is 5.52. The van der Waals surface area contributed by atoms with Crippen LogP contribution < -0.4 is 0 Å². The molecule has 2 aromatic heterocycles. The highest BCUT2D eigenvalue weighted by molar-refractivity contribution is 9.11. The summed E-state index contributed by atoms with van der Waals surface area (Å²) in [4.78, 5) is 3.66. The molecule has 0 aliphatic rings. The van der Waals surface area contributed by atoms with Crippen molar-refractivity contribution < 1.29 is 0 Å². The lowest BCUT2D eigenvalue weighted by molar-refractivity contribution is 0.209. The van der Waals surface area contributed by atoms with E-state index in [0.29, 0.717) is 6.67 Å². The fourth-order valence-corrected chi connectivity index (χ4v) is 4.24. The number of benzene rings is 1. The Hall–Kier alpha value is -1.28. The Kier molecular flexibility index (Phi) is 5.65. The van der Waals surface area contributed by atoms with Gasteiger partial charge in [-0.2, -0.15) is 5.10 Å². The summed E-state index contributed by atoms with van der Waals surface area (Å²) < 4.78 is 5.78. The Morgan fingerprint density at radius 2 is 1.96 bits per heavy atom. The Morgan fingerprint density at radius 3 is 2.58 bits per heavy atom. The minimum atomic E-state index is 0.686. The summed E-state index contributed by atoms with van der Waals surface area (Å²) in [6.45, 7) is 4.68. The molecule has 24 heavy (non-hydrogen) atoms. The van der Waals surface area contributed by atoms with Crippen molar-refractivity contribution in [2.24, 2.45) is 7.05 Å². The third kappa shape index (κ3) is 3.85. The number of aromatic nitrogens is 3. The van der Waals surface area contributed by atoms with Crippen molar-refractivity contribution in [3.63, 3.8) is 0 Å². The molecule has 0 fully saturated rings. The molecule has 0 aliphatic heterocycles. The second kappa shape index (κ2) is 7.74. The summed E-state index contributed by atoms with van der Waals surface area (Å²) in [7, 11) is 1.97. The number of hydrogen-bond acceptors (Lipinski definition) is 4. The van der Waals surface area contributed by atoms with Crippen LogP contribution in [0.25, 0.3) is 11.4 Å². The van der Waals surface area contributed by atoms with Gasteiger partial charge in [0.1, 0.15) is 0 Å².